The molecule has 0 spiro atoms. The van der Waals surface area contributed by atoms with Crippen LogP contribution in [0.15, 0.2) is 34.2 Å². The molecule has 1 aliphatic heterocycles. The smallest absolute Gasteiger partial charge is 0.228 e. The van der Waals surface area contributed by atoms with Crippen molar-refractivity contribution in [3.05, 3.63) is 24.3 Å². The lowest BCUT2D eigenvalue weighted by Crippen LogP contribution is -1.94. The second-order valence-corrected chi connectivity index (χ2v) is 6.48. The molecule has 1 aromatic rings. The molecule has 1 aromatic carbocycles. The number of nitrogens with zero attached hydrogens (tertiary/aromatic N) is 1. The molecule has 0 radical (unpaired) electrons. The number of rotatable bonds is 0. The number of aliphatic imine (C=N–C) groups is 1. The van der Waals surface area contributed by atoms with Gasteiger partial charge in [-0.05, 0) is 12.1 Å². The summed E-state index contributed by atoms with van der Waals surface area (Å²) in [7, 11) is -3.28. The van der Waals surface area contributed by atoms with Gasteiger partial charge in [0.25, 0.3) is 9.26 Å². The largest absolute Gasteiger partial charge is 0.252 e. The number of fused-ring (bicyclic) bond motifs is 1. The molecule has 1 atom stereocenters. The van der Waals surface area contributed by atoms with Crippen molar-refractivity contribution < 1.29 is 8.42 Å². The van der Waals surface area contributed by atoms with Crippen LogP contribution in [0.1, 0.15) is 0 Å². The van der Waals surface area contributed by atoms with Crippen molar-refractivity contribution in [2.45, 2.75) is 4.90 Å². The van der Waals surface area contributed by atoms with Crippen molar-refractivity contribution in [3.8, 4) is 0 Å². The first kappa shape index (κ1) is 8.93. The third-order valence-corrected chi connectivity index (χ3v) is 5.63. The van der Waals surface area contributed by atoms with Crippen LogP contribution in [0.2, 0.25) is 0 Å². The van der Waals surface area contributed by atoms with Crippen LogP contribution in [0, 0.1) is 0 Å². The van der Waals surface area contributed by atoms with E-state index in [1.807, 2.05) is 0 Å². The summed E-state index contributed by atoms with van der Waals surface area (Å²) in [5.41, 5.74) is 0.653. The highest BCUT2D eigenvalue weighted by molar-refractivity contribution is 8.43. The van der Waals surface area contributed by atoms with Gasteiger partial charge in [0.05, 0.1) is 5.69 Å². The van der Waals surface area contributed by atoms with Crippen LogP contribution in [0.25, 0.3) is 0 Å². The molecule has 0 saturated heterocycles. The van der Waals surface area contributed by atoms with Gasteiger partial charge >= 0.3 is 0 Å². The molecule has 0 amide bonds. The Labute approximate surface area is 83.2 Å². The highest BCUT2D eigenvalue weighted by atomic mass is 35.5. The second kappa shape index (κ2) is 3.25. The lowest BCUT2D eigenvalue weighted by Gasteiger charge is -1.93. The molecule has 0 fully saturated rings. The van der Waals surface area contributed by atoms with Gasteiger partial charge in [0.15, 0.2) is 4.50 Å². The predicted molar refractivity (Wildman–Crippen MR) is 53.9 cm³/mol. The summed E-state index contributed by atoms with van der Waals surface area (Å²) >= 11 is 5.71. The maximum absolute atomic E-state index is 10.8. The van der Waals surface area contributed by atoms with E-state index in [0.29, 0.717) is 10.6 Å². The molecule has 2 rings (SSSR count). The quantitative estimate of drug-likeness (QED) is 0.685. The van der Waals surface area contributed by atoms with Crippen molar-refractivity contribution in [3.63, 3.8) is 0 Å². The molecular formula is C7H4ClNO2S2. The lowest BCUT2D eigenvalue weighted by atomic mass is 10.3. The first-order valence-electron chi connectivity index (χ1n) is 3.37. The van der Waals surface area contributed by atoms with Crippen LogP contribution in [-0.4, -0.2) is 12.9 Å². The number of hydrogen-bond acceptors (Lipinski definition) is 3. The summed E-state index contributed by atoms with van der Waals surface area (Å²) < 4.78 is 21.8. The van der Waals surface area contributed by atoms with Gasteiger partial charge in [-0.15, -0.1) is 0 Å². The molecule has 6 heteroatoms. The SMILES string of the molecule is O=S(=O)=S1C(Cl)=Nc2ccccc21. The molecule has 0 N–H and O–H groups in total. The Hall–Kier alpha value is -0.650. The van der Waals surface area contributed by atoms with Gasteiger partial charge < -0.3 is 0 Å². The zero-order valence-electron chi connectivity index (χ0n) is 6.27. The molecule has 3 nitrogen and oxygen atoms in total. The Morgan fingerprint density at radius 3 is 2.69 bits per heavy atom. The Kier molecular flexibility index (Phi) is 2.23. The predicted octanol–water partition coefficient (Wildman–Crippen LogP) is 1.70. The van der Waals surface area contributed by atoms with Gasteiger partial charge in [-0.25, -0.2) is 4.99 Å². The van der Waals surface area contributed by atoms with E-state index in [-0.39, 0.29) is 4.50 Å². The maximum atomic E-state index is 10.8. The van der Waals surface area contributed by atoms with Gasteiger partial charge in [-0.3, -0.25) is 0 Å². The van der Waals surface area contributed by atoms with Crippen molar-refractivity contribution in [2.24, 2.45) is 4.99 Å². The average molecular weight is 234 g/mol. The van der Waals surface area contributed by atoms with Crippen LogP contribution < -0.4 is 0 Å². The number of benzene rings is 1. The molecular weight excluding hydrogens is 230 g/mol. The normalized spacial score (nSPS) is 19.5. The second-order valence-electron chi connectivity index (χ2n) is 2.31. The van der Waals surface area contributed by atoms with Crippen LogP contribution in [0.3, 0.4) is 0 Å². The van der Waals surface area contributed by atoms with E-state index < -0.39 is 18.7 Å². The minimum atomic E-state index is -2.22. The van der Waals surface area contributed by atoms with Crippen molar-refractivity contribution in [1.82, 2.24) is 0 Å². The summed E-state index contributed by atoms with van der Waals surface area (Å²) in [6.07, 6.45) is 0. The highest BCUT2D eigenvalue weighted by Crippen LogP contribution is 2.31. The van der Waals surface area contributed by atoms with Crippen LogP contribution in [-0.2, 0) is 18.7 Å². The molecule has 0 bridgehead atoms. The van der Waals surface area contributed by atoms with Gasteiger partial charge in [0.2, 0.25) is 0 Å². The van der Waals surface area contributed by atoms with Gasteiger partial charge in [0, 0.05) is 14.3 Å². The van der Waals surface area contributed by atoms with Gasteiger partial charge in [-0.1, -0.05) is 23.7 Å². The van der Waals surface area contributed by atoms with E-state index in [2.05, 4.69) is 4.99 Å². The fourth-order valence-electron chi connectivity index (χ4n) is 1.06. The van der Waals surface area contributed by atoms with E-state index in [4.69, 9.17) is 11.6 Å². The molecule has 1 aliphatic rings. The fraction of sp³-hybridized carbons (Fsp3) is 0. The zero-order chi connectivity index (χ0) is 9.42. The summed E-state index contributed by atoms with van der Waals surface area (Å²) in [5, 5.41) is 0. The van der Waals surface area contributed by atoms with Crippen LogP contribution in [0.5, 0.6) is 0 Å². The van der Waals surface area contributed by atoms with Crippen molar-refractivity contribution >= 4 is 40.5 Å². The van der Waals surface area contributed by atoms with E-state index in [1.165, 1.54) is 0 Å². The van der Waals surface area contributed by atoms with Crippen molar-refractivity contribution in [1.29, 1.82) is 0 Å². The van der Waals surface area contributed by atoms with E-state index in [9.17, 15) is 8.42 Å². The summed E-state index contributed by atoms with van der Waals surface area (Å²) in [4.78, 5) is 4.64. The summed E-state index contributed by atoms with van der Waals surface area (Å²) in [6, 6.07) is 7.05. The summed E-state index contributed by atoms with van der Waals surface area (Å²) in [6.45, 7) is 0. The Balaban J connectivity index is 2.84. The zero-order valence-corrected chi connectivity index (χ0v) is 8.66. The van der Waals surface area contributed by atoms with E-state index in [0.717, 1.165) is 0 Å². The van der Waals surface area contributed by atoms with Crippen LogP contribution >= 0.6 is 11.6 Å². The van der Waals surface area contributed by atoms with Gasteiger partial charge in [0.1, 0.15) is 0 Å². The molecule has 1 heterocycles. The summed E-state index contributed by atoms with van der Waals surface area (Å²) in [5.74, 6) is 0. The average Bonchev–Trinajstić information content (AvgIpc) is 2.39. The van der Waals surface area contributed by atoms with Crippen LogP contribution in [0.4, 0.5) is 5.69 Å². The highest BCUT2D eigenvalue weighted by Gasteiger charge is 2.19. The standard InChI is InChI=1S/C7H4ClNO2S2/c8-7-9-5-3-1-2-4-6(5)12(7)13(10)11/h1-4H. The number of hydrogen-bond donors (Lipinski definition) is 0. The minimum Gasteiger partial charge on any atom is -0.228 e. The van der Waals surface area contributed by atoms with E-state index >= 15 is 0 Å². The minimum absolute atomic E-state index is 0.148. The molecule has 13 heavy (non-hydrogen) atoms. The Morgan fingerprint density at radius 2 is 2.00 bits per heavy atom. The topological polar surface area (TPSA) is 46.5 Å². The third-order valence-electron chi connectivity index (χ3n) is 1.56. The number of halogens is 1. The molecule has 1 unspecified atom stereocenters. The molecule has 0 aromatic heterocycles. The molecule has 0 aliphatic carbocycles. The first-order chi connectivity index (χ1) is 6.20. The van der Waals surface area contributed by atoms with Crippen molar-refractivity contribution in [2.75, 3.05) is 0 Å². The molecule has 68 valence electrons. The maximum Gasteiger partial charge on any atom is 0.252 e. The van der Waals surface area contributed by atoms with E-state index in [1.54, 1.807) is 24.3 Å². The fourth-order valence-corrected chi connectivity index (χ4v) is 4.30. The Morgan fingerprint density at radius 1 is 1.31 bits per heavy atom. The third kappa shape index (κ3) is 1.43. The molecule has 0 saturated carbocycles. The van der Waals surface area contributed by atoms with Gasteiger partial charge in [-0.2, -0.15) is 8.42 Å². The lowest BCUT2D eigenvalue weighted by molar-refractivity contribution is 0.628. The monoisotopic (exact) mass is 233 g/mol. The first-order valence-corrected chi connectivity index (χ1v) is 6.57. The number of para-hydroxylation sites is 1. The Bertz CT molecular complexity index is 525.